The van der Waals surface area contributed by atoms with Crippen LogP contribution >= 0.6 is 0 Å². The van der Waals surface area contributed by atoms with Crippen LogP contribution in [0.25, 0.3) is 0 Å². The Hall–Kier alpha value is -2.14. The third kappa shape index (κ3) is 7.38. The molecule has 0 radical (unpaired) electrons. The summed E-state index contributed by atoms with van der Waals surface area (Å²) in [5, 5.41) is 0. The lowest BCUT2D eigenvalue weighted by Gasteiger charge is -2.42. The second kappa shape index (κ2) is 12.8. The largest absolute Gasteiger partial charge is 0.416 e. The quantitative estimate of drug-likeness (QED) is 0.286. The average Bonchev–Trinajstić information content (AvgIpc) is 3.39. The lowest BCUT2D eigenvalue weighted by atomic mass is 9.77. The third-order valence-electron chi connectivity index (χ3n) is 8.06. The van der Waals surface area contributed by atoms with Gasteiger partial charge in [-0.3, -0.25) is 0 Å². The number of likely N-dealkylation sites (N-methyl/N-ethyl adjacent to an activating group) is 1. The minimum absolute atomic E-state index is 0.0160. The fourth-order valence-electron chi connectivity index (χ4n) is 5.87. The van der Waals surface area contributed by atoms with Gasteiger partial charge in [0.2, 0.25) is 0 Å². The summed E-state index contributed by atoms with van der Waals surface area (Å²) >= 11 is 0. The molecule has 2 heterocycles. The van der Waals surface area contributed by atoms with Gasteiger partial charge in [-0.1, -0.05) is 44.2 Å². The molecular weight excluding hydrogens is 536 g/mol. The fourth-order valence-corrected chi connectivity index (χ4v) is 5.87. The van der Waals surface area contributed by atoms with E-state index in [1.54, 1.807) is 0 Å². The molecular formula is C30H37F6NO3. The monoisotopic (exact) mass is 573 g/mol. The van der Waals surface area contributed by atoms with Crippen molar-refractivity contribution in [3.8, 4) is 0 Å². The zero-order chi connectivity index (χ0) is 29.1. The summed E-state index contributed by atoms with van der Waals surface area (Å²) in [4.78, 5) is 2.32. The number of halogens is 6. The van der Waals surface area contributed by atoms with Crippen molar-refractivity contribution >= 4 is 0 Å². The van der Waals surface area contributed by atoms with Crippen LogP contribution in [0.5, 0.6) is 0 Å². The van der Waals surface area contributed by atoms with E-state index < -0.39 is 35.9 Å². The molecule has 0 amide bonds. The van der Waals surface area contributed by atoms with Gasteiger partial charge in [-0.15, -0.1) is 0 Å². The molecule has 0 bridgehead atoms. The summed E-state index contributed by atoms with van der Waals surface area (Å²) < 4.78 is 99.6. The lowest BCUT2D eigenvalue weighted by molar-refractivity contribution is -0.219. The number of nitrogens with zero attached hydrogens (tertiary/aromatic N) is 1. The van der Waals surface area contributed by atoms with Crippen LogP contribution in [0, 0.1) is 5.92 Å². The number of hydrogen-bond donors (Lipinski definition) is 0. The summed E-state index contributed by atoms with van der Waals surface area (Å²) in [7, 11) is 0. The second-order valence-electron chi connectivity index (χ2n) is 10.6. The van der Waals surface area contributed by atoms with Crippen molar-refractivity contribution in [1.82, 2.24) is 4.90 Å². The van der Waals surface area contributed by atoms with Crippen molar-refractivity contribution in [2.24, 2.45) is 5.92 Å². The van der Waals surface area contributed by atoms with Gasteiger partial charge in [0.05, 0.1) is 36.0 Å². The molecule has 0 saturated carbocycles. The highest BCUT2D eigenvalue weighted by Gasteiger charge is 2.44. The standard InChI is InChI=1S/C30H37F6NO3/c1-4-37(5-2)18-24-11-12-26(40-24)25-13-14-38-28(27(25)20-9-7-6-8-10-20)39-19(3)21-15-22(29(31,32)33)17-23(16-21)30(34,35)36/h6-10,15-17,19,24-28H,4-5,11-14,18H2,1-3H3/t19-,24+,25+,26?,27+,28-/m1/s1. The summed E-state index contributed by atoms with van der Waals surface area (Å²) in [6.45, 7) is 8.75. The third-order valence-corrected chi connectivity index (χ3v) is 8.06. The van der Waals surface area contributed by atoms with Crippen molar-refractivity contribution in [3.05, 3.63) is 70.8 Å². The molecule has 1 unspecified atom stereocenters. The molecule has 2 fully saturated rings. The number of hydrogen-bond acceptors (Lipinski definition) is 4. The first-order valence-electron chi connectivity index (χ1n) is 13.9. The highest BCUT2D eigenvalue weighted by atomic mass is 19.4. The van der Waals surface area contributed by atoms with E-state index in [9.17, 15) is 26.3 Å². The lowest BCUT2D eigenvalue weighted by Crippen LogP contribution is -2.42. The van der Waals surface area contributed by atoms with Crippen LogP contribution in [0.4, 0.5) is 26.3 Å². The predicted molar refractivity (Wildman–Crippen MR) is 139 cm³/mol. The van der Waals surface area contributed by atoms with Gasteiger partial charge in [-0.2, -0.15) is 26.3 Å². The number of alkyl halides is 6. The van der Waals surface area contributed by atoms with Gasteiger partial charge >= 0.3 is 12.4 Å². The fraction of sp³-hybridized carbons (Fsp3) is 0.600. The van der Waals surface area contributed by atoms with Crippen molar-refractivity contribution in [3.63, 3.8) is 0 Å². The molecule has 10 heteroatoms. The Balaban J connectivity index is 1.59. The molecule has 2 aromatic carbocycles. The number of rotatable bonds is 9. The summed E-state index contributed by atoms with van der Waals surface area (Å²) in [6.07, 6.45) is -9.28. The van der Waals surface area contributed by atoms with Crippen molar-refractivity contribution in [1.29, 1.82) is 0 Å². The van der Waals surface area contributed by atoms with Crippen molar-refractivity contribution < 1.29 is 40.6 Å². The van der Waals surface area contributed by atoms with E-state index in [0.29, 0.717) is 13.0 Å². The van der Waals surface area contributed by atoms with Gasteiger partial charge in [0.25, 0.3) is 0 Å². The molecule has 222 valence electrons. The number of benzene rings is 2. The average molecular weight is 574 g/mol. The molecule has 2 aliphatic rings. The minimum atomic E-state index is -4.93. The molecule has 2 aliphatic heterocycles. The van der Waals surface area contributed by atoms with E-state index in [-0.39, 0.29) is 35.7 Å². The SMILES string of the molecule is CCN(CC)C[C@@H]1CCC([C@@H]2CCO[C@H](O[C@H](C)c3cc(C(F)(F)F)cc(C(F)(F)F)c3)[C@H]2c2ccccc2)O1. The predicted octanol–water partition coefficient (Wildman–Crippen LogP) is 7.84. The second-order valence-corrected chi connectivity index (χ2v) is 10.6. The first kappa shape index (κ1) is 30.8. The highest BCUT2D eigenvalue weighted by molar-refractivity contribution is 5.35. The molecule has 0 N–H and O–H groups in total. The van der Waals surface area contributed by atoms with Gasteiger partial charge in [0, 0.05) is 12.5 Å². The molecule has 0 aliphatic carbocycles. The maximum absolute atomic E-state index is 13.5. The van der Waals surface area contributed by atoms with Crippen LogP contribution in [0.2, 0.25) is 0 Å². The molecule has 0 spiro atoms. The Morgan fingerprint density at radius 1 is 0.900 bits per heavy atom. The van der Waals surface area contributed by atoms with Crippen LogP contribution in [0.15, 0.2) is 48.5 Å². The van der Waals surface area contributed by atoms with E-state index in [1.165, 1.54) is 6.92 Å². The Labute approximate surface area is 231 Å². The Bertz CT molecular complexity index is 1060. The molecule has 4 rings (SSSR count). The van der Waals surface area contributed by atoms with E-state index >= 15 is 0 Å². The molecule has 2 aromatic rings. The van der Waals surface area contributed by atoms with Crippen molar-refractivity contribution in [2.75, 3.05) is 26.2 Å². The number of ether oxygens (including phenoxy) is 3. The van der Waals surface area contributed by atoms with E-state index in [2.05, 4.69) is 18.7 Å². The van der Waals surface area contributed by atoms with E-state index in [4.69, 9.17) is 14.2 Å². The molecule has 4 nitrogen and oxygen atoms in total. The van der Waals surface area contributed by atoms with Gasteiger partial charge in [-0.05, 0) is 74.5 Å². The van der Waals surface area contributed by atoms with Crippen LogP contribution < -0.4 is 0 Å². The topological polar surface area (TPSA) is 30.9 Å². The minimum Gasteiger partial charge on any atom is -0.373 e. The van der Waals surface area contributed by atoms with Gasteiger partial charge in [0.15, 0.2) is 6.29 Å². The van der Waals surface area contributed by atoms with Crippen LogP contribution in [0.3, 0.4) is 0 Å². The Kier molecular flexibility index (Phi) is 9.86. The first-order valence-corrected chi connectivity index (χ1v) is 13.9. The zero-order valence-corrected chi connectivity index (χ0v) is 23.0. The summed E-state index contributed by atoms with van der Waals surface area (Å²) in [5.41, 5.74) is -2.02. The van der Waals surface area contributed by atoms with Crippen molar-refractivity contribution in [2.45, 2.75) is 82.9 Å². The van der Waals surface area contributed by atoms with Gasteiger partial charge in [0.1, 0.15) is 0 Å². The van der Waals surface area contributed by atoms with Crippen LogP contribution in [-0.2, 0) is 26.6 Å². The maximum atomic E-state index is 13.5. The van der Waals surface area contributed by atoms with E-state index in [0.717, 1.165) is 50.2 Å². The van der Waals surface area contributed by atoms with Gasteiger partial charge in [-0.25, -0.2) is 0 Å². The first-order chi connectivity index (χ1) is 18.9. The molecule has 40 heavy (non-hydrogen) atoms. The van der Waals surface area contributed by atoms with Crippen LogP contribution in [-0.4, -0.2) is 49.6 Å². The normalized spacial score (nSPS) is 26.8. The molecule has 6 atom stereocenters. The smallest absolute Gasteiger partial charge is 0.373 e. The molecule has 0 aromatic heterocycles. The summed E-state index contributed by atoms with van der Waals surface area (Å²) in [6, 6.07) is 11.1. The zero-order valence-electron chi connectivity index (χ0n) is 23.0. The Morgan fingerprint density at radius 2 is 1.52 bits per heavy atom. The van der Waals surface area contributed by atoms with E-state index in [1.807, 2.05) is 30.3 Å². The Morgan fingerprint density at radius 3 is 2.10 bits per heavy atom. The van der Waals surface area contributed by atoms with Gasteiger partial charge < -0.3 is 19.1 Å². The van der Waals surface area contributed by atoms with Crippen LogP contribution in [0.1, 0.15) is 74.3 Å². The molecule has 2 saturated heterocycles. The summed E-state index contributed by atoms with van der Waals surface area (Å²) in [5.74, 6) is -0.287. The highest BCUT2D eigenvalue weighted by Crippen LogP contribution is 2.45. The maximum Gasteiger partial charge on any atom is 0.416 e.